The van der Waals surface area contributed by atoms with E-state index >= 15 is 0 Å². The minimum atomic E-state index is -1.05. The average Bonchev–Trinajstić information content (AvgIpc) is 2.96. The highest BCUT2D eigenvalue weighted by Crippen LogP contribution is 2.40. The van der Waals surface area contributed by atoms with Crippen molar-refractivity contribution in [3.05, 3.63) is 23.0 Å². The predicted octanol–water partition coefficient (Wildman–Crippen LogP) is 0.949. The molecule has 0 saturated heterocycles. The summed E-state index contributed by atoms with van der Waals surface area (Å²) in [4.78, 5) is 26.7. The molecule has 0 aromatic carbocycles. The monoisotopic (exact) mass is 293 g/mol. The van der Waals surface area contributed by atoms with Gasteiger partial charge in [0.05, 0.1) is 11.9 Å². The molecule has 20 heavy (non-hydrogen) atoms. The fourth-order valence-corrected chi connectivity index (χ4v) is 2.48. The summed E-state index contributed by atoms with van der Waals surface area (Å²) in [7, 11) is 0. The number of nitrogens with one attached hydrogen (secondary N) is 1. The molecule has 0 unspecified atom stereocenters. The highest BCUT2D eigenvalue weighted by Gasteiger charge is 2.26. The topological polar surface area (TPSA) is 110 Å². The van der Waals surface area contributed by atoms with Crippen LogP contribution < -0.4 is 5.32 Å². The van der Waals surface area contributed by atoms with Crippen molar-refractivity contribution in [3.63, 3.8) is 0 Å². The second-order valence-corrected chi connectivity index (χ2v) is 5.36. The van der Waals surface area contributed by atoms with Crippen LogP contribution in [0.15, 0.2) is 11.6 Å². The lowest BCUT2D eigenvalue weighted by molar-refractivity contribution is -0.137. The zero-order valence-corrected chi connectivity index (χ0v) is 11.1. The Kier molecular flexibility index (Phi) is 3.18. The summed E-state index contributed by atoms with van der Waals surface area (Å²) in [5.41, 5.74) is 1.08. The van der Waals surface area contributed by atoms with Gasteiger partial charge in [0, 0.05) is 11.3 Å². The van der Waals surface area contributed by atoms with E-state index in [4.69, 9.17) is 5.11 Å². The average molecular weight is 293 g/mol. The zero-order valence-electron chi connectivity index (χ0n) is 10.3. The molecule has 8 nitrogen and oxygen atoms in total. The molecule has 1 aliphatic carbocycles. The number of carbonyl (C=O) groups is 2. The number of thiazole rings is 1. The Labute approximate surface area is 117 Å². The highest BCUT2D eigenvalue weighted by molar-refractivity contribution is 7.14. The molecule has 3 rings (SSSR count). The van der Waals surface area contributed by atoms with Gasteiger partial charge in [0.25, 0.3) is 5.91 Å². The second kappa shape index (κ2) is 5.00. The maximum Gasteiger partial charge on any atom is 0.325 e. The van der Waals surface area contributed by atoms with Gasteiger partial charge in [0.1, 0.15) is 6.54 Å². The molecule has 0 aliphatic heterocycles. The number of anilines is 1. The van der Waals surface area contributed by atoms with E-state index in [-0.39, 0.29) is 12.2 Å². The van der Waals surface area contributed by atoms with Crippen molar-refractivity contribution in [2.24, 2.45) is 0 Å². The first-order valence-electron chi connectivity index (χ1n) is 6.00. The summed E-state index contributed by atoms with van der Waals surface area (Å²) < 4.78 is 1.09. The molecule has 0 atom stereocenters. The van der Waals surface area contributed by atoms with Crippen LogP contribution in [0.25, 0.3) is 0 Å². The summed E-state index contributed by atoms with van der Waals surface area (Å²) in [5.74, 6) is -0.956. The maximum atomic E-state index is 11.9. The van der Waals surface area contributed by atoms with Gasteiger partial charge in [0.15, 0.2) is 10.8 Å². The largest absolute Gasteiger partial charge is 0.480 e. The summed E-state index contributed by atoms with van der Waals surface area (Å²) in [6.07, 6.45) is 3.60. The molecule has 0 bridgehead atoms. The number of amides is 1. The van der Waals surface area contributed by atoms with E-state index in [1.54, 1.807) is 0 Å². The van der Waals surface area contributed by atoms with Gasteiger partial charge in [0.2, 0.25) is 0 Å². The molecule has 2 heterocycles. The second-order valence-electron chi connectivity index (χ2n) is 4.50. The first kappa shape index (κ1) is 12.7. The van der Waals surface area contributed by atoms with Crippen LogP contribution in [0.3, 0.4) is 0 Å². The van der Waals surface area contributed by atoms with Gasteiger partial charge in [-0.1, -0.05) is 5.21 Å². The Morgan fingerprint density at radius 2 is 2.30 bits per heavy atom. The first-order chi connectivity index (χ1) is 9.61. The van der Waals surface area contributed by atoms with Crippen molar-refractivity contribution < 1.29 is 14.7 Å². The number of aliphatic carboxylic acids is 1. The van der Waals surface area contributed by atoms with Crippen LogP contribution in [0.4, 0.5) is 5.13 Å². The van der Waals surface area contributed by atoms with E-state index in [1.165, 1.54) is 17.5 Å². The molecule has 104 valence electrons. The van der Waals surface area contributed by atoms with Crippen molar-refractivity contribution in [2.45, 2.75) is 25.3 Å². The van der Waals surface area contributed by atoms with Gasteiger partial charge in [-0.05, 0) is 12.8 Å². The Hall–Kier alpha value is -2.29. The molecular weight excluding hydrogens is 282 g/mol. The molecule has 2 aromatic rings. The van der Waals surface area contributed by atoms with Crippen LogP contribution in [-0.2, 0) is 11.3 Å². The number of carboxylic acids is 1. The maximum absolute atomic E-state index is 11.9. The molecule has 1 aliphatic rings. The van der Waals surface area contributed by atoms with Gasteiger partial charge in [-0.2, -0.15) is 0 Å². The van der Waals surface area contributed by atoms with E-state index in [9.17, 15) is 9.59 Å². The molecule has 1 fully saturated rings. The number of nitrogens with zero attached hydrogens (tertiary/aromatic N) is 4. The van der Waals surface area contributed by atoms with Gasteiger partial charge < -0.3 is 5.11 Å². The fraction of sp³-hybridized carbons (Fsp3) is 0.364. The summed E-state index contributed by atoms with van der Waals surface area (Å²) in [6, 6.07) is 0. The van der Waals surface area contributed by atoms with E-state index in [1.807, 2.05) is 5.38 Å². The third-order valence-corrected chi connectivity index (χ3v) is 3.58. The molecule has 9 heteroatoms. The molecule has 0 spiro atoms. The minimum absolute atomic E-state index is 0.0643. The third kappa shape index (κ3) is 2.82. The summed E-state index contributed by atoms with van der Waals surface area (Å²) in [5, 5.41) is 20.9. The van der Waals surface area contributed by atoms with E-state index in [0.29, 0.717) is 11.0 Å². The lowest BCUT2D eigenvalue weighted by atomic mass is 10.3. The van der Waals surface area contributed by atoms with E-state index in [0.717, 1.165) is 23.2 Å². The van der Waals surface area contributed by atoms with Gasteiger partial charge in [-0.15, -0.1) is 16.4 Å². The zero-order chi connectivity index (χ0) is 14.1. The first-order valence-corrected chi connectivity index (χ1v) is 6.88. The molecular formula is C11H11N5O3S. The van der Waals surface area contributed by atoms with Crippen LogP contribution in [0.2, 0.25) is 0 Å². The number of hydrogen-bond donors (Lipinski definition) is 2. The van der Waals surface area contributed by atoms with Crippen LogP contribution >= 0.6 is 11.3 Å². The Balaban J connectivity index is 1.65. The molecule has 1 saturated carbocycles. The van der Waals surface area contributed by atoms with Crippen molar-refractivity contribution in [1.29, 1.82) is 0 Å². The van der Waals surface area contributed by atoms with Gasteiger partial charge >= 0.3 is 5.97 Å². The van der Waals surface area contributed by atoms with Crippen LogP contribution in [0.1, 0.15) is 34.9 Å². The molecule has 1 amide bonds. The standard InChI is InChI=1S/C11H11N5O3S/c17-9(18)4-16-3-7(14-15-16)10(19)13-11-12-8(5-20-11)6-1-2-6/h3,5-6H,1-2,4H2,(H,17,18)(H,12,13,19). The smallest absolute Gasteiger partial charge is 0.325 e. The normalized spacial score (nSPS) is 14.2. The molecule has 2 N–H and O–H groups in total. The Morgan fingerprint density at radius 3 is 3.00 bits per heavy atom. The Bertz CT molecular complexity index is 661. The van der Waals surface area contributed by atoms with E-state index in [2.05, 4.69) is 20.6 Å². The van der Waals surface area contributed by atoms with Gasteiger partial charge in [-0.25, -0.2) is 9.67 Å². The number of hydrogen-bond acceptors (Lipinski definition) is 6. The minimum Gasteiger partial charge on any atom is -0.480 e. The number of carboxylic acid groups (broad SMARTS) is 1. The van der Waals surface area contributed by atoms with Crippen molar-refractivity contribution in [2.75, 3.05) is 5.32 Å². The van der Waals surface area contributed by atoms with Crippen molar-refractivity contribution in [1.82, 2.24) is 20.0 Å². The number of aromatic nitrogens is 4. The number of carbonyl (C=O) groups excluding carboxylic acids is 1. The van der Waals surface area contributed by atoms with Gasteiger partial charge in [-0.3, -0.25) is 14.9 Å². The molecule has 0 radical (unpaired) electrons. The van der Waals surface area contributed by atoms with E-state index < -0.39 is 11.9 Å². The molecule has 2 aromatic heterocycles. The summed E-state index contributed by atoms with van der Waals surface area (Å²) in [6.45, 7) is -0.330. The van der Waals surface area contributed by atoms with Crippen molar-refractivity contribution in [3.8, 4) is 0 Å². The third-order valence-electron chi connectivity index (χ3n) is 2.81. The summed E-state index contributed by atoms with van der Waals surface area (Å²) >= 11 is 1.37. The number of rotatable bonds is 5. The van der Waals surface area contributed by atoms with Crippen LogP contribution in [0.5, 0.6) is 0 Å². The lowest BCUT2D eigenvalue weighted by Crippen LogP contribution is -2.12. The predicted molar refractivity (Wildman–Crippen MR) is 69.7 cm³/mol. The fourth-order valence-electron chi connectivity index (χ4n) is 1.69. The quantitative estimate of drug-likeness (QED) is 0.849. The van der Waals surface area contributed by atoms with Crippen molar-refractivity contribution >= 4 is 28.3 Å². The highest BCUT2D eigenvalue weighted by atomic mass is 32.1. The SMILES string of the molecule is O=C(O)Cn1cc(C(=O)Nc2nc(C3CC3)cs2)nn1. The Morgan fingerprint density at radius 1 is 1.50 bits per heavy atom. The lowest BCUT2D eigenvalue weighted by Gasteiger charge is -1.96. The van der Waals surface area contributed by atoms with Crippen LogP contribution in [-0.4, -0.2) is 37.0 Å². The van der Waals surface area contributed by atoms with Crippen LogP contribution in [0, 0.1) is 0 Å².